The second-order valence-electron chi connectivity index (χ2n) is 6.57. The average Bonchev–Trinajstić information content (AvgIpc) is 2.91. The topological polar surface area (TPSA) is 57.7 Å². The minimum atomic E-state index is -3.57. The molecular weight excluding hydrogens is 372 g/mol. The number of anilines is 1. The molecule has 1 atom stereocenters. The Kier molecular flexibility index (Phi) is 5.37. The van der Waals surface area contributed by atoms with E-state index in [4.69, 9.17) is 11.6 Å². The highest BCUT2D eigenvalue weighted by molar-refractivity contribution is 7.88. The molecule has 0 saturated carbocycles. The van der Waals surface area contributed by atoms with Crippen LogP contribution in [0.5, 0.6) is 0 Å². The van der Waals surface area contributed by atoms with Crippen molar-refractivity contribution in [1.82, 2.24) is 4.31 Å². The quantitative estimate of drug-likeness (QED) is 0.785. The molecule has 1 aliphatic heterocycles. The van der Waals surface area contributed by atoms with Gasteiger partial charge >= 0.3 is 0 Å². The average molecular weight is 393 g/mol. The van der Waals surface area contributed by atoms with Crippen LogP contribution in [0.15, 0.2) is 48.5 Å². The first kappa shape index (κ1) is 18.9. The molecule has 7 heteroatoms. The van der Waals surface area contributed by atoms with Crippen LogP contribution >= 0.6 is 11.6 Å². The minimum absolute atomic E-state index is 0.00150. The lowest BCUT2D eigenvalue weighted by Crippen LogP contribution is -2.44. The van der Waals surface area contributed by atoms with Crippen LogP contribution in [0, 0.1) is 0 Å². The van der Waals surface area contributed by atoms with E-state index in [0.717, 1.165) is 23.9 Å². The molecule has 3 rings (SSSR count). The van der Waals surface area contributed by atoms with Crippen molar-refractivity contribution in [2.75, 3.05) is 17.7 Å². The zero-order valence-electron chi connectivity index (χ0n) is 14.7. The normalized spacial score (nSPS) is 16.8. The van der Waals surface area contributed by atoms with Crippen molar-refractivity contribution in [2.24, 2.45) is 0 Å². The summed E-state index contributed by atoms with van der Waals surface area (Å²) < 4.78 is 25.6. The highest BCUT2D eigenvalue weighted by Gasteiger charge is 2.33. The van der Waals surface area contributed by atoms with Gasteiger partial charge in [-0.05, 0) is 36.6 Å². The number of hydrogen-bond acceptors (Lipinski definition) is 3. The van der Waals surface area contributed by atoms with Gasteiger partial charge in [0.15, 0.2) is 0 Å². The van der Waals surface area contributed by atoms with Gasteiger partial charge in [0.2, 0.25) is 15.9 Å². The molecule has 0 aromatic heterocycles. The van der Waals surface area contributed by atoms with Gasteiger partial charge in [0.25, 0.3) is 0 Å². The summed E-state index contributed by atoms with van der Waals surface area (Å²) in [7, 11) is -3.57. The van der Waals surface area contributed by atoms with Gasteiger partial charge in [0, 0.05) is 23.3 Å². The molecule has 0 bridgehead atoms. The van der Waals surface area contributed by atoms with Crippen LogP contribution in [0.25, 0.3) is 0 Å². The summed E-state index contributed by atoms with van der Waals surface area (Å²) in [5, 5.41) is 0.480. The lowest BCUT2D eigenvalue weighted by molar-refractivity contribution is -0.119. The molecule has 1 amide bonds. The Hall–Kier alpha value is -1.89. The lowest BCUT2D eigenvalue weighted by Gasteiger charge is -2.27. The van der Waals surface area contributed by atoms with Crippen LogP contribution < -0.4 is 4.90 Å². The maximum Gasteiger partial charge on any atom is 0.242 e. The molecule has 1 heterocycles. The molecule has 0 spiro atoms. The van der Waals surface area contributed by atoms with Crippen LogP contribution in [-0.2, 0) is 27.8 Å². The van der Waals surface area contributed by atoms with Gasteiger partial charge in [-0.25, -0.2) is 8.42 Å². The predicted octanol–water partition coefficient (Wildman–Crippen LogP) is 3.08. The smallest absolute Gasteiger partial charge is 0.242 e. The Balaban J connectivity index is 1.84. The molecule has 2 aromatic carbocycles. The number of nitrogens with zero attached hydrogens (tertiary/aromatic N) is 2. The third-order valence-electron chi connectivity index (χ3n) is 4.56. The highest BCUT2D eigenvalue weighted by Crippen LogP contribution is 2.32. The fourth-order valence-corrected chi connectivity index (χ4v) is 4.19. The molecule has 0 N–H and O–H groups in total. The molecule has 0 saturated heterocycles. The SMILES string of the molecule is C[C@H]1Cc2ccccc2N1C(=O)CN(Cc1ccccc1Cl)S(C)(=O)=O. The first-order valence-corrected chi connectivity index (χ1v) is 10.6. The van der Waals surface area contributed by atoms with E-state index in [1.165, 1.54) is 4.31 Å². The predicted molar refractivity (Wildman–Crippen MR) is 104 cm³/mol. The van der Waals surface area contributed by atoms with Crippen LogP contribution in [0.2, 0.25) is 5.02 Å². The molecule has 2 aromatic rings. The Bertz CT molecular complexity index is 930. The van der Waals surface area contributed by atoms with Gasteiger partial charge in [0.1, 0.15) is 0 Å². The molecule has 0 fully saturated rings. The number of carbonyl (C=O) groups is 1. The van der Waals surface area contributed by atoms with Gasteiger partial charge in [-0.1, -0.05) is 48.0 Å². The van der Waals surface area contributed by atoms with Crippen molar-refractivity contribution in [3.8, 4) is 0 Å². The zero-order chi connectivity index (χ0) is 18.9. The van der Waals surface area contributed by atoms with Crippen LogP contribution in [0.1, 0.15) is 18.1 Å². The van der Waals surface area contributed by atoms with Gasteiger partial charge in [0.05, 0.1) is 12.8 Å². The number of hydrogen-bond donors (Lipinski definition) is 0. The number of carbonyl (C=O) groups excluding carboxylic acids is 1. The summed E-state index contributed by atoms with van der Waals surface area (Å²) >= 11 is 6.16. The Labute approximate surface area is 159 Å². The number of fused-ring (bicyclic) bond motifs is 1. The van der Waals surface area contributed by atoms with Crippen molar-refractivity contribution in [2.45, 2.75) is 25.9 Å². The van der Waals surface area contributed by atoms with Gasteiger partial charge in [-0.2, -0.15) is 4.31 Å². The number of sulfonamides is 1. The van der Waals surface area contributed by atoms with Crippen molar-refractivity contribution in [1.29, 1.82) is 0 Å². The monoisotopic (exact) mass is 392 g/mol. The standard InChI is InChI=1S/C19H21ClN2O3S/c1-14-11-15-7-4-6-10-18(15)22(14)19(23)13-21(26(2,24)25)12-16-8-3-5-9-17(16)20/h3-10,14H,11-13H2,1-2H3/t14-/m0/s1. The summed E-state index contributed by atoms with van der Waals surface area (Å²) in [6, 6.07) is 14.8. The van der Waals surface area contributed by atoms with Gasteiger partial charge < -0.3 is 4.90 Å². The number of rotatable bonds is 5. The van der Waals surface area contributed by atoms with E-state index in [1.54, 1.807) is 29.2 Å². The number of benzene rings is 2. The molecule has 1 aliphatic rings. The Morgan fingerprint density at radius 3 is 2.54 bits per heavy atom. The molecule has 0 aliphatic carbocycles. The molecule has 0 unspecified atom stereocenters. The van der Waals surface area contributed by atoms with E-state index < -0.39 is 10.0 Å². The zero-order valence-corrected chi connectivity index (χ0v) is 16.3. The second kappa shape index (κ2) is 7.39. The summed E-state index contributed by atoms with van der Waals surface area (Å²) in [6.07, 6.45) is 1.88. The third-order valence-corrected chi connectivity index (χ3v) is 6.13. The van der Waals surface area contributed by atoms with Crippen molar-refractivity contribution >= 4 is 33.2 Å². The van der Waals surface area contributed by atoms with Crippen molar-refractivity contribution in [3.05, 3.63) is 64.7 Å². The number of halogens is 1. The molecular formula is C19H21ClN2O3S. The van der Waals surface area contributed by atoms with E-state index in [9.17, 15) is 13.2 Å². The van der Waals surface area contributed by atoms with Crippen LogP contribution in [0.4, 0.5) is 5.69 Å². The minimum Gasteiger partial charge on any atom is -0.308 e. The Morgan fingerprint density at radius 2 is 1.85 bits per heavy atom. The summed E-state index contributed by atoms with van der Waals surface area (Å²) in [5.41, 5.74) is 2.63. The third kappa shape index (κ3) is 3.92. The second-order valence-corrected chi connectivity index (χ2v) is 8.96. The maximum atomic E-state index is 12.9. The number of para-hydroxylation sites is 1. The summed E-state index contributed by atoms with van der Waals surface area (Å²) in [4.78, 5) is 14.6. The van der Waals surface area contributed by atoms with Crippen molar-refractivity contribution < 1.29 is 13.2 Å². The van der Waals surface area contributed by atoms with E-state index in [1.807, 2.05) is 31.2 Å². The van der Waals surface area contributed by atoms with Crippen LogP contribution in [-0.4, -0.2) is 37.5 Å². The van der Waals surface area contributed by atoms with E-state index in [0.29, 0.717) is 10.6 Å². The first-order chi connectivity index (χ1) is 12.3. The maximum absolute atomic E-state index is 12.9. The first-order valence-electron chi connectivity index (χ1n) is 8.36. The van der Waals surface area contributed by atoms with Crippen molar-refractivity contribution in [3.63, 3.8) is 0 Å². The molecule has 0 radical (unpaired) electrons. The summed E-state index contributed by atoms with van der Waals surface area (Å²) in [6.45, 7) is 1.81. The highest BCUT2D eigenvalue weighted by atomic mass is 35.5. The largest absolute Gasteiger partial charge is 0.308 e. The molecule has 5 nitrogen and oxygen atoms in total. The van der Waals surface area contributed by atoms with E-state index in [2.05, 4.69) is 0 Å². The molecule has 138 valence electrons. The lowest BCUT2D eigenvalue weighted by atomic mass is 10.1. The van der Waals surface area contributed by atoms with Gasteiger partial charge in [-0.15, -0.1) is 0 Å². The van der Waals surface area contributed by atoms with E-state index >= 15 is 0 Å². The van der Waals surface area contributed by atoms with Crippen LogP contribution in [0.3, 0.4) is 0 Å². The Morgan fingerprint density at radius 1 is 1.19 bits per heavy atom. The summed E-state index contributed by atoms with van der Waals surface area (Å²) in [5.74, 6) is -0.236. The molecule has 26 heavy (non-hydrogen) atoms. The van der Waals surface area contributed by atoms with Gasteiger partial charge in [-0.3, -0.25) is 4.79 Å². The number of amides is 1. The van der Waals surface area contributed by atoms with E-state index in [-0.39, 0.29) is 25.0 Å². The fourth-order valence-electron chi connectivity index (χ4n) is 3.28. The fraction of sp³-hybridized carbons (Fsp3) is 0.316.